The van der Waals surface area contributed by atoms with Crippen LogP contribution >= 0.6 is 22.9 Å². The minimum atomic E-state index is -0.461. The van der Waals surface area contributed by atoms with Gasteiger partial charge in [-0.15, -0.1) is 0 Å². The van der Waals surface area contributed by atoms with Crippen LogP contribution in [0.5, 0.6) is 0 Å². The Bertz CT molecular complexity index is 1100. The molecule has 156 valence electrons. The van der Waals surface area contributed by atoms with Crippen LogP contribution in [0.4, 0.5) is 10.8 Å². The molecule has 1 heterocycles. The highest BCUT2D eigenvalue weighted by Gasteiger charge is 2.18. The monoisotopic (exact) mass is 444 g/mol. The Labute approximate surface area is 183 Å². The molecule has 1 amide bonds. The molecule has 0 fully saturated rings. The summed E-state index contributed by atoms with van der Waals surface area (Å²) in [5.74, 6) is -0.240. The summed E-state index contributed by atoms with van der Waals surface area (Å²) in [6.07, 6.45) is 3.77. The van der Waals surface area contributed by atoms with E-state index in [9.17, 15) is 14.9 Å². The predicted octanol–water partition coefficient (Wildman–Crippen LogP) is 4.86. The van der Waals surface area contributed by atoms with Crippen molar-refractivity contribution in [2.45, 2.75) is 6.42 Å². The van der Waals surface area contributed by atoms with Gasteiger partial charge in [0.1, 0.15) is 5.52 Å². The van der Waals surface area contributed by atoms with E-state index in [1.165, 1.54) is 29.5 Å². The third-order valence-corrected chi connectivity index (χ3v) is 5.69. The predicted molar refractivity (Wildman–Crippen MR) is 122 cm³/mol. The molecular formula is C21H21ClN4O3S. The van der Waals surface area contributed by atoms with E-state index >= 15 is 0 Å². The first kappa shape index (κ1) is 21.9. The minimum absolute atomic E-state index is 0.0201. The number of rotatable bonds is 8. The summed E-state index contributed by atoms with van der Waals surface area (Å²) in [4.78, 5) is 31.7. The largest absolute Gasteiger partial charge is 0.309 e. The molecule has 30 heavy (non-hydrogen) atoms. The fraction of sp³-hybridized carbons (Fsp3) is 0.238. The maximum Gasteiger partial charge on any atom is 0.270 e. The maximum absolute atomic E-state index is 13.0. The quantitative estimate of drug-likeness (QED) is 0.281. The summed E-state index contributed by atoms with van der Waals surface area (Å²) in [6, 6.07) is 11.7. The van der Waals surface area contributed by atoms with E-state index in [2.05, 4.69) is 9.88 Å². The summed E-state index contributed by atoms with van der Waals surface area (Å²) in [6.45, 7) is 1.32. The van der Waals surface area contributed by atoms with Gasteiger partial charge in [-0.05, 0) is 50.8 Å². The number of hydrogen-bond acceptors (Lipinski definition) is 6. The van der Waals surface area contributed by atoms with Crippen molar-refractivity contribution in [1.29, 1.82) is 0 Å². The lowest BCUT2D eigenvalue weighted by Crippen LogP contribution is -2.32. The Morgan fingerprint density at radius 1 is 1.23 bits per heavy atom. The molecular weight excluding hydrogens is 424 g/mol. The van der Waals surface area contributed by atoms with Crippen molar-refractivity contribution in [3.8, 4) is 0 Å². The molecule has 0 N–H and O–H groups in total. The van der Waals surface area contributed by atoms with Crippen LogP contribution in [-0.2, 0) is 4.79 Å². The van der Waals surface area contributed by atoms with E-state index in [0.717, 1.165) is 17.7 Å². The molecule has 0 aliphatic heterocycles. The van der Waals surface area contributed by atoms with Gasteiger partial charge in [-0.25, -0.2) is 4.98 Å². The number of nitro groups is 1. The molecule has 0 aliphatic carbocycles. The van der Waals surface area contributed by atoms with Crippen LogP contribution in [0, 0.1) is 10.1 Å². The lowest BCUT2D eigenvalue weighted by atomic mass is 10.2. The molecule has 0 unspecified atom stereocenters. The van der Waals surface area contributed by atoms with E-state index < -0.39 is 4.92 Å². The van der Waals surface area contributed by atoms with Crippen molar-refractivity contribution < 1.29 is 9.72 Å². The number of non-ortho nitro benzene ring substituents is 1. The smallest absolute Gasteiger partial charge is 0.270 e. The van der Waals surface area contributed by atoms with E-state index in [0.29, 0.717) is 27.8 Å². The molecule has 0 saturated heterocycles. The van der Waals surface area contributed by atoms with Gasteiger partial charge >= 0.3 is 0 Å². The second-order valence-corrected chi connectivity index (χ2v) is 8.33. The third-order valence-electron chi connectivity index (χ3n) is 4.34. The van der Waals surface area contributed by atoms with Crippen molar-refractivity contribution >= 4 is 56.0 Å². The molecule has 3 aromatic rings. The number of carbonyl (C=O) groups is 1. The highest BCUT2D eigenvalue weighted by atomic mass is 35.5. The molecule has 7 nitrogen and oxygen atoms in total. The number of aromatic nitrogens is 1. The zero-order valence-corrected chi connectivity index (χ0v) is 18.2. The van der Waals surface area contributed by atoms with E-state index in [1.54, 1.807) is 29.2 Å². The number of benzene rings is 2. The van der Waals surface area contributed by atoms with Gasteiger partial charge in [0.2, 0.25) is 0 Å². The maximum atomic E-state index is 13.0. The number of nitro benzene ring substituents is 1. The SMILES string of the molecule is CN(C)CCCN(C(=O)/C=C/c1cccc([N+](=O)[O-])c1)c1nc2c(Cl)cccc2s1. The molecule has 1 aromatic heterocycles. The fourth-order valence-electron chi connectivity index (χ4n) is 2.86. The second kappa shape index (κ2) is 9.80. The highest BCUT2D eigenvalue weighted by molar-refractivity contribution is 7.22. The molecule has 2 aromatic carbocycles. The first-order valence-electron chi connectivity index (χ1n) is 9.29. The normalized spacial score (nSPS) is 11.5. The lowest BCUT2D eigenvalue weighted by molar-refractivity contribution is -0.384. The van der Waals surface area contributed by atoms with Crippen LogP contribution in [0.25, 0.3) is 16.3 Å². The molecule has 0 spiro atoms. The number of anilines is 1. The van der Waals surface area contributed by atoms with Crippen LogP contribution < -0.4 is 4.90 Å². The Balaban J connectivity index is 1.87. The van der Waals surface area contributed by atoms with E-state index in [-0.39, 0.29) is 11.6 Å². The summed E-state index contributed by atoms with van der Waals surface area (Å²) >= 11 is 7.65. The van der Waals surface area contributed by atoms with Gasteiger partial charge in [0.05, 0.1) is 14.6 Å². The fourth-order valence-corrected chi connectivity index (χ4v) is 4.16. The van der Waals surface area contributed by atoms with Crippen molar-refractivity contribution in [2.75, 3.05) is 32.1 Å². The molecule has 0 saturated carbocycles. The Kier molecular flexibility index (Phi) is 7.15. The molecule has 3 rings (SSSR count). The standard InChI is InChI=1S/C21H21ClN4O3S/c1-24(2)12-5-13-25(21-23-20-17(22)8-4-9-18(20)30-21)19(27)11-10-15-6-3-7-16(14-15)26(28)29/h3-4,6-11,14H,5,12-13H2,1-2H3/b11-10+. The van der Waals surface area contributed by atoms with Gasteiger partial charge in [-0.1, -0.05) is 41.1 Å². The van der Waals surface area contributed by atoms with Gasteiger partial charge < -0.3 is 4.90 Å². The minimum Gasteiger partial charge on any atom is -0.309 e. The molecule has 0 atom stereocenters. The van der Waals surface area contributed by atoms with Gasteiger partial charge in [0.25, 0.3) is 11.6 Å². The average molecular weight is 445 g/mol. The zero-order valence-electron chi connectivity index (χ0n) is 16.6. The van der Waals surface area contributed by atoms with Gasteiger partial charge in [0.15, 0.2) is 5.13 Å². The van der Waals surface area contributed by atoms with Crippen LogP contribution in [0.3, 0.4) is 0 Å². The van der Waals surface area contributed by atoms with Crippen molar-refractivity contribution in [3.05, 3.63) is 69.2 Å². The van der Waals surface area contributed by atoms with Crippen molar-refractivity contribution in [2.24, 2.45) is 0 Å². The number of para-hydroxylation sites is 1. The number of hydrogen-bond donors (Lipinski definition) is 0. The van der Waals surface area contributed by atoms with Crippen LogP contribution in [0.2, 0.25) is 5.02 Å². The van der Waals surface area contributed by atoms with E-state index in [1.807, 2.05) is 26.2 Å². The van der Waals surface area contributed by atoms with Gasteiger partial charge in [-0.3, -0.25) is 19.8 Å². The van der Waals surface area contributed by atoms with Gasteiger partial charge in [-0.2, -0.15) is 0 Å². The number of nitrogens with zero attached hydrogens (tertiary/aromatic N) is 4. The van der Waals surface area contributed by atoms with Crippen LogP contribution in [0.1, 0.15) is 12.0 Å². The molecule has 0 radical (unpaired) electrons. The number of amides is 1. The highest BCUT2D eigenvalue weighted by Crippen LogP contribution is 2.33. The summed E-state index contributed by atoms with van der Waals surface area (Å²) < 4.78 is 0.908. The number of thiazole rings is 1. The van der Waals surface area contributed by atoms with Gasteiger partial charge in [0, 0.05) is 24.8 Å². The first-order valence-corrected chi connectivity index (χ1v) is 10.5. The Hall–Kier alpha value is -2.81. The van der Waals surface area contributed by atoms with Crippen molar-refractivity contribution in [1.82, 2.24) is 9.88 Å². The van der Waals surface area contributed by atoms with Crippen LogP contribution in [-0.4, -0.2) is 47.9 Å². The summed E-state index contributed by atoms with van der Waals surface area (Å²) in [5.41, 5.74) is 1.23. The number of halogens is 1. The molecule has 0 bridgehead atoms. The summed E-state index contributed by atoms with van der Waals surface area (Å²) in [7, 11) is 3.96. The lowest BCUT2D eigenvalue weighted by Gasteiger charge is -2.19. The zero-order chi connectivity index (χ0) is 21.7. The first-order chi connectivity index (χ1) is 14.3. The Morgan fingerprint density at radius 3 is 2.70 bits per heavy atom. The Morgan fingerprint density at radius 2 is 2.00 bits per heavy atom. The number of carbonyl (C=O) groups excluding carboxylic acids is 1. The molecule has 9 heteroatoms. The number of fused-ring (bicyclic) bond motifs is 1. The third kappa shape index (κ3) is 5.41. The topological polar surface area (TPSA) is 79.6 Å². The van der Waals surface area contributed by atoms with Crippen molar-refractivity contribution in [3.63, 3.8) is 0 Å². The average Bonchev–Trinajstić information content (AvgIpc) is 3.14. The second-order valence-electron chi connectivity index (χ2n) is 6.92. The molecule has 0 aliphatic rings. The summed E-state index contributed by atoms with van der Waals surface area (Å²) in [5, 5.41) is 12.1. The van der Waals surface area contributed by atoms with Crippen LogP contribution in [0.15, 0.2) is 48.5 Å². The van der Waals surface area contributed by atoms with E-state index in [4.69, 9.17) is 11.6 Å².